The molecule has 0 radical (unpaired) electrons. The van der Waals surface area contributed by atoms with Crippen LogP contribution in [0.4, 0.5) is 4.39 Å². The largest absolute Gasteiger partial charge is 0.489 e. The van der Waals surface area contributed by atoms with E-state index < -0.39 is 0 Å². The highest BCUT2D eigenvalue weighted by atomic mass is 19.1. The van der Waals surface area contributed by atoms with E-state index in [2.05, 4.69) is 5.10 Å². The Balaban J connectivity index is 1.50. The maximum Gasteiger partial charge on any atom is 0.350 e. The molecule has 0 atom stereocenters. The highest BCUT2D eigenvalue weighted by Gasteiger charge is 2.07. The van der Waals surface area contributed by atoms with Crippen LogP contribution in [-0.2, 0) is 6.54 Å². The van der Waals surface area contributed by atoms with Crippen LogP contribution in [0.3, 0.4) is 0 Å². The predicted molar refractivity (Wildman–Crippen MR) is 88.8 cm³/mol. The third-order valence-corrected chi connectivity index (χ3v) is 3.75. The van der Waals surface area contributed by atoms with Crippen molar-refractivity contribution in [1.29, 1.82) is 0 Å². The zero-order chi connectivity index (χ0) is 16.9. The summed E-state index contributed by atoms with van der Waals surface area (Å²) in [4.78, 5) is 14.2. The van der Waals surface area contributed by atoms with Gasteiger partial charge in [0.2, 0.25) is 0 Å². The normalized spacial score (nSPS) is 11.3. The summed E-state index contributed by atoms with van der Waals surface area (Å²) in [5.41, 5.74) is 0.481. The van der Waals surface area contributed by atoms with Gasteiger partial charge in [-0.15, -0.1) is 5.10 Å². The Hall–Kier alpha value is -2.67. The van der Waals surface area contributed by atoms with E-state index in [-0.39, 0.29) is 17.3 Å². The minimum atomic E-state index is -0.364. The lowest BCUT2D eigenvalue weighted by Crippen LogP contribution is -2.31. The van der Waals surface area contributed by atoms with Gasteiger partial charge in [0.25, 0.3) is 0 Å². The number of likely N-dealkylation sites (N-methyl/N-ethyl adjacent to an activating group) is 1. The van der Waals surface area contributed by atoms with Crippen molar-refractivity contribution in [2.75, 3.05) is 26.7 Å². The number of benzene rings is 1. The van der Waals surface area contributed by atoms with Crippen molar-refractivity contribution < 1.29 is 9.13 Å². The summed E-state index contributed by atoms with van der Waals surface area (Å²) in [6, 6.07) is 11.8. The van der Waals surface area contributed by atoms with Gasteiger partial charge in [-0.2, -0.15) is 0 Å². The number of nitrogens with zero attached hydrogens (tertiary/aromatic N) is 4. The summed E-state index contributed by atoms with van der Waals surface area (Å²) < 4.78 is 21.8. The molecule has 2 aromatic heterocycles. The number of pyridine rings is 1. The summed E-state index contributed by atoms with van der Waals surface area (Å²) in [6.07, 6.45) is 1.70. The lowest BCUT2D eigenvalue weighted by Gasteiger charge is -2.16. The number of hydrogen-bond donors (Lipinski definition) is 0. The summed E-state index contributed by atoms with van der Waals surface area (Å²) in [6.45, 7) is 2.12. The number of halogens is 1. The zero-order valence-electron chi connectivity index (χ0n) is 13.4. The SMILES string of the molecule is CN(CCOc1ccccc1F)CCn1nc2ccccn2c1=O. The molecule has 3 aromatic rings. The molecule has 0 bridgehead atoms. The fourth-order valence-electron chi connectivity index (χ4n) is 2.36. The van der Waals surface area contributed by atoms with Crippen LogP contribution in [0.15, 0.2) is 53.5 Å². The molecule has 126 valence electrons. The Kier molecular flexibility index (Phi) is 4.90. The number of hydrogen-bond acceptors (Lipinski definition) is 4. The minimum Gasteiger partial charge on any atom is -0.489 e. The van der Waals surface area contributed by atoms with E-state index in [4.69, 9.17) is 4.74 Å². The maximum atomic E-state index is 13.4. The van der Waals surface area contributed by atoms with E-state index in [9.17, 15) is 9.18 Å². The van der Waals surface area contributed by atoms with Gasteiger partial charge in [0.15, 0.2) is 17.2 Å². The summed E-state index contributed by atoms with van der Waals surface area (Å²) in [5, 5.41) is 4.28. The molecule has 24 heavy (non-hydrogen) atoms. The lowest BCUT2D eigenvalue weighted by atomic mass is 10.3. The highest BCUT2D eigenvalue weighted by Crippen LogP contribution is 2.14. The monoisotopic (exact) mass is 330 g/mol. The molecule has 0 saturated carbocycles. The smallest absolute Gasteiger partial charge is 0.350 e. The number of rotatable bonds is 7. The molecule has 0 N–H and O–H groups in total. The van der Waals surface area contributed by atoms with Crippen LogP contribution in [-0.4, -0.2) is 45.8 Å². The molecule has 1 aromatic carbocycles. The molecule has 0 aliphatic rings. The molecule has 0 aliphatic carbocycles. The van der Waals surface area contributed by atoms with Gasteiger partial charge in [-0.25, -0.2) is 13.9 Å². The first-order chi connectivity index (χ1) is 11.6. The van der Waals surface area contributed by atoms with Crippen LogP contribution < -0.4 is 10.4 Å². The molecule has 0 spiro atoms. The van der Waals surface area contributed by atoms with Gasteiger partial charge in [0.1, 0.15) is 6.61 Å². The van der Waals surface area contributed by atoms with Crippen LogP contribution in [0.1, 0.15) is 0 Å². The fraction of sp³-hybridized carbons (Fsp3) is 0.294. The number of aromatic nitrogens is 3. The van der Waals surface area contributed by atoms with Gasteiger partial charge in [0.05, 0.1) is 6.54 Å². The third kappa shape index (κ3) is 3.62. The van der Waals surface area contributed by atoms with Crippen LogP contribution >= 0.6 is 0 Å². The molecular weight excluding hydrogens is 311 g/mol. The van der Waals surface area contributed by atoms with Crippen LogP contribution in [0.25, 0.3) is 5.65 Å². The first kappa shape index (κ1) is 16.2. The number of fused-ring (bicyclic) bond motifs is 1. The van der Waals surface area contributed by atoms with Gasteiger partial charge in [-0.1, -0.05) is 18.2 Å². The van der Waals surface area contributed by atoms with E-state index >= 15 is 0 Å². The van der Waals surface area contributed by atoms with Crippen molar-refractivity contribution in [3.8, 4) is 5.75 Å². The van der Waals surface area contributed by atoms with Gasteiger partial charge in [-0.05, 0) is 31.3 Å². The Morgan fingerprint density at radius 3 is 2.75 bits per heavy atom. The van der Waals surface area contributed by atoms with Gasteiger partial charge < -0.3 is 9.64 Å². The second kappa shape index (κ2) is 7.27. The molecule has 3 rings (SSSR count). The van der Waals surface area contributed by atoms with Crippen molar-refractivity contribution in [1.82, 2.24) is 19.1 Å². The van der Waals surface area contributed by atoms with Crippen molar-refractivity contribution in [2.45, 2.75) is 6.54 Å². The predicted octanol–water partition coefficient (Wildman–Crippen LogP) is 1.65. The number of ether oxygens (including phenoxy) is 1. The summed E-state index contributed by atoms with van der Waals surface area (Å²) in [5.74, 6) is -0.112. The van der Waals surface area contributed by atoms with E-state index in [1.165, 1.54) is 15.1 Å². The van der Waals surface area contributed by atoms with Crippen LogP contribution in [0.5, 0.6) is 5.75 Å². The maximum absolute atomic E-state index is 13.4. The minimum absolute atomic E-state index is 0.151. The zero-order valence-corrected chi connectivity index (χ0v) is 13.4. The third-order valence-electron chi connectivity index (χ3n) is 3.75. The molecule has 6 nitrogen and oxygen atoms in total. The molecule has 0 fully saturated rings. The van der Waals surface area contributed by atoms with Gasteiger partial charge >= 0.3 is 5.69 Å². The molecular formula is C17H19FN4O2. The molecule has 0 unspecified atom stereocenters. The molecule has 0 saturated heterocycles. The summed E-state index contributed by atoms with van der Waals surface area (Å²) in [7, 11) is 1.92. The average molecular weight is 330 g/mol. The van der Waals surface area contributed by atoms with Crippen LogP contribution in [0.2, 0.25) is 0 Å². The molecule has 0 aliphatic heterocycles. The van der Waals surface area contributed by atoms with Gasteiger partial charge in [-0.3, -0.25) is 4.40 Å². The second-order valence-corrected chi connectivity index (χ2v) is 5.52. The van der Waals surface area contributed by atoms with Crippen molar-refractivity contribution >= 4 is 5.65 Å². The Morgan fingerprint density at radius 2 is 1.96 bits per heavy atom. The average Bonchev–Trinajstić information content (AvgIpc) is 2.91. The van der Waals surface area contributed by atoms with E-state index in [1.54, 1.807) is 36.5 Å². The Labute approximate surface area is 138 Å². The van der Waals surface area contributed by atoms with E-state index in [1.807, 2.05) is 18.0 Å². The lowest BCUT2D eigenvalue weighted by molar-refractivity contribution is 0.224. The molecule has 2 heterocycles. The Morgan fingerprint density at radius 1 is 1.17 bits per heavy atom. The first-order valence-electron chi connectivity index (χ1n) is 7.75. The van der Waals surface area contributed by atoms with Crippen molar-refractivity contribution in [3.05, 3.63) is 65.0 Å². The molecule has 0 amide bonds. The van der Waals surface area contributed by atoms with Crippen molar-refractivity contribution in [3.63, 3.8) is 0 Å². The standard InChI is InChI=1S/C17H19FN4O2/c1-20(12-13-24-15-7-3-2-6-14(15)18)10-11-22-17(23)21-9-5-4-8-16(21)19-22/h2-9H,10-13H2,1H3. The van der Waals surface area contributed by atoms with E-state index in [0.717, 1.165) is 0 Å². The highest BCUT2D eigenvalue weighted by molar-refractivity contribution is 5.35. The molecule has 7 heteroatoms. The van der Waals surface area contributed by atoms with Crippen molar-refractivity contribution in [2.24, 2.45) is 0 Å². The fourth-order valence-corrected chi connectivity index (χ4v) is 2.36. The Bertz CT molecular complexity index is 874. The van der Waals surface area contributed by atoms with Crippen LogP contribution in [0, 0.1) is 5.82 Å². The number of para-hydroxylation sites is 1. The van der Waals surface area contributed by atoms with E-state index in [0.29, 0.717) is 31.9 Å². The second-order valence-electron chi connectivity index (χ2n) is 5.52. The van der Waals surface area contributed by atoms with Gasteiger partial charge in [0, 0.05) is 19.3 Å². The first-order valence-corrected chi connectivity index (χ1v) is 7.75. The quantitative estimate of drug-likeness (QED) is 0.661. The topological polar surface area (TPSA) is 51.8 Å². The summed E-state index contributed by atoms with van der Waals surface area (Å²) >= 11 is 0.